The molecule has 1 aliphatic heterocycles. The van der Waals surface area contributed by atoms with E-state index >= 15 is 0 Å². The van der Waals surface area contributed by atoms with Crippen LogP contribution in [0.15, 0.2) is 77.0 Å². The van der Waals surface area contributed by atoms with Gasteiger partial charge in [0.2, 0.25) is 0 Å². The first-order chi connectivity index (χ1) is 12.6. The molecule has 2 heterocycles. The fourth-order valence-corrected chi connectivity index (χ4v) is 3.25. The average molecular weight is 385 g/mol. The zero-order chi connectivity index (χ0) is 19.1. The molecule has 2 aromatic rings. The Morgan fingerprint density at radius 2 is 2.08 bits per heavy atom. The summed E-state index contributed by atoms with van der Waals surface area (Å²) in [5.41, 5.74) is 3.99. The van der Waals surface area contributed by atoms with Crippen molar-refractivity contribution in [3.05, 3.63) is 82.6 Å². The summed E-state index contributed by atoms with van der Waals surface area (Å²) in [5, 5.41) is 4.64. The Morgan fingerprint density at radius 1 is 1.31 bits per heavy atom. The van der Waals surface area contributed by atoms with Crippen molar-refractivity contribution in [1.29, 1.82) is 0 Å². The minimum absolute atomic E-state index is 0.0724. The first kappa shape index (κ1) is 19.9. The van der Waals surface area contributed by atoms with Gasteiger partial charge < -0.3 is 4.90 Å². The van der Waals surface area contributed by atoms with Crippen molar-refractivity contribution in [2.45, 2.75) is 13.8 Å². The first-order valence-electron chi connectivity index (χ1n) is 8.11. The summed E-state index contributed by atoms with van der Waals surface area (Å²) in [6.45, 7) is 10.4. The third kappa shape index (κ3) is 4.40. The van der Waals surface area contributed by atoms with Crippen molar-refractivity contribution in [3.63, 3.8) is 0 Å². The number of rotatable bonds is 3. The summed E-state index contributed by atoms with van der Waals surface area (Å²) >= 11 is 7.65. The van der Waals surface area contributed by atoms with Gasteiger partial charge in [-0.3, -0.25) is 4.79 Å². The lowest BCUT2D eigenvalue weighted by molar-refractivity contribution is -0.111. The number of hydrogen-bond donors (Lipinski definition) is 0. The number of hydrogen-bond acceptors (Lipinski definition) is 3. The molecule has 0 N–H and O–H groups in total. The number of allylic oxidation sites excluding steroid dienone is 3. The van der Waals surface area contributed by atoms with Crippen LogP contribution in [0.5, 0.6) is 0 Å². The summed E-state index contributed by atoms with van der Waals surface area (Å²) in [6, 6.07) is 7.48. The Morgan fingerprint density at radius 3 is 2.69 bits per heavy atom. The normalized spacial score (nSPS) is 17.2. The van der Waals surface area contributed by atoms with E-state index < -0.39 is 0 Å². The molecule has 0 unspecified atom stereocenters. The smallest absolute Gasteiger partial charge is 0.277 e. The van der Waals surface area contributed by atoms with Crippen LogP contribution in [-0.2, 0) is 4.79 Å². The van der Waals surface area contributed by atoms with Crippen molar-refractivity contribution in [2.24, 2.45) is 4.99 Å². The summed E-state index contributed by atoms with van der Waals surface area (Å²) in [7, 11) is 0. The molecule has 3 rings (SSSR count). The highest BCUT2D eigenvalue weighted by Crippen LogP contribution is 2.28. The highest BCUT2D eigenvalue weighted by molar-refractivity contribution is 7.08. The van der Waals surface area contributed by atoms with Crippen LogP contribution >= 0.6 is 22.9 Å². The second-order valence-electron chi connectivity index (χ2n) is 5.48. The molecule has 1 aliphatic rings. The van der Waals surface area contributed by atoms with Gasteiger partial charge in [0, 0.05) is 16.0 Å². The quantitative estimate of drug-likeness (QED) is 0.585. The lowest BCUT2D eigenvalue weighted by atomic mass is 10.1. The Balaban J connectivity index is 0.00000117. The lowest BCUT2D eigenvalue weighted by Crippen LogP contribution is -2.26. The fraction of sp³-hybridized carbons (Fsp3) is 0.143. The molecule has 0 saturated carbocycles. The molecule has 0 atom stereocenters. The van der Waals surface area contributed by atoms with Gasteiger partial charge in [0.1, 0.15) is 5.71 Å². The van der Waals surface area contributed by atoms with Crippen molar-refractivity contribution in [2.75, 3.05) is 11.4 Å². The van der Waals surface area contributed by atoms with Gasteiger partial charge in [-0.1, -0.05) is 29.8 Å². The van der Waals surface area contributed by atoms with Crippen molar-refractivity contribution < 1.29 is 4.79 Å². The molecule has 26 heavy (non-hydrogen) atoms. The highest BCUT2D eigenvalue weighted by Gasteiger charge is 2.33. The Kier molecular flexibility index (Phi) is 7.13. The van der Waals surface area contributed by atoms with Crippen LogP contribution in [0.1, 0.15) is 12.5 Å². The Bertz CT molecular complexity index is 866. The minimum atomic E-state index is -0.0724. The molecule has 1 fully saturated rings. The zero-order valence-electron chi connectivity index (χ0n) is 14.9. The van der Waals surface area contributed by atoms with Gasteiger partial charge >= 0.3 is 0 Å². The van der Waals surface area contributed by atoms with E-state index in [1.165, 1.54) is 0 Å². The number of aliphatic imine (C=N–C) groups is 1. The largest absolute Gasteiger partial charge is 0.302 e. The molecule has 1 aromatic heterocycles. The summed E-state index contributed by atoms with van der Waals surface area (Å²) in [4.78, 5) is 19.2. The van der Waals surface area contributed by atoms with E-state index in [4.69, 9.17) is 11.6 Å². The van der Waals surface area contributed by atoms with E-state index in [-0.39, 0.29) is 5.91 Å². The second kappa shape index (κ2) is 9.32. The van der Waals surface area contributed by atoms with Gasteiger partial charge in [0.25, 0.3) is 5.91 Å². The van der Waals surface area contributed by atoms with Crippen molar-refractivity contribution in [1.82, 2.24) is 0 Å². The number of carbonyl (C=O) groups excluding carboxylic acids is 1. The number of aryl methyl sites for hydroxylation is 1. The number of amides is 1. The van der Waals surface area contributed by atoms with Gasteiger partial charge in [-0.25, -0.2) is 4.99 Å². The molecule has 0 bridgehead atoms. The van der Waals surface area contributed by atoms with Crippen LogP contribution < -0.4 is 4.90 Å². The van der Waals surface area contributed by atoms with E-state index in [0.29, 0.717) is 17.3 Å². The predicted molar refractivity (Wildman–Crippen MR) is 114 cm³/mol. The molecule has 1 saturated heterocycles. The third-order valence-electron chi connectivity index (χ3n) is 3.77. The summed E-state index contributed by atoms with van der Waals surface area (Å²) in [6.07, 6.45) is 5.82. The fourth-order valence-electron chi connectivity index (χ4n) is 2.49. The number of benzene rings is 1. The van der Waals surface area contributed by atoms with Crippen LogP contribution in [0.4, 0.5) is 11.4 Å². The number of halogens is 1. The first-order valence-corrected chi connectivity index (χ1v) is 9.43. The average Bonchev–Trinajstić information content (AvgIpc) is 3.28. The van der Waals surface area contributed by atoms with E-state index in [0.717, 1.165) is 22.5 Å². The van der Waals surface area contributed by atoms with Crippen molar-refractivity contribution in [3.8, 4) is 0 Å². The van der Waals surface area contributed by atoms with Crippen molar-refractivity contribution >= 4 is 45.9 Å². The molecule has 1 aromatic carbocycles. The maximum Gasteiger partial charge on any atom is 0.277 e. The molecular weight excluding hydrogens is 364 g/mol. The molecule has 0 spiro atoms. The van der Waals surface area contributed by atoms with Gasteiger partial charge in [0.15, 0.2) is 0 Å². The maximum absolute atomic E-state index is 12.8. The van der Waals surface area contributed by atoms with Gasteiger partial charge in [-0.05, 0) is 49.1 Å². The van der Waals surface area contributed by atoms with Crippen LogP contribution in [0.25, 0.3) is 0 Å². The minimum Gasteiger partial charge on any atom is -0.302 e. The van der Waals surface area contributed by atoms with E-state index in [1.54, 1.807) is 16.2 Å². The van der Waals surface area contributed by atoms with E-state index in [9.17, 15) is 4.79 Å². The molecule has 0 aliphatic carbocycles. The van der Waals surface area contributed by atoms with Gasteiger partial charge in [-0.2, -0.15) is 11.3 Å². The molecule has 134 valence electrons. The number of carbonyl (C=O) groups is 1. The monoisotopic (exact) mass is 384 g/mol. The van der Waals surface area contributed by atoms with Gasteiger partial charge in [0.05, 0.1) is 17.9 Å². The van der Waals surface area contributed by atoms with Crippen LogP contribution in [-0.4, -0.2) is 18.2 Å². The highest BCUT2D eigenvalue weighted by atomic mass is 35.5. The lowest BCUT2D eigenvalue weighted by Gasteiger charge is -2.11. The molecular formula is C21H21ClN2OS. The topological polar surface area (TPSA) is 32.7 Å². The molecule has 5 heteroatoms. The standard InChI is InChI=1S/C19H17ClN2OS.C2H4/c1-3-4-5-14-11-22(16-8-9-24-12-16)19(23)18(14)21-15-6-7-17(20)13(2)10-15;1-2/h3-10,12H,11H2,1-2H3;1-2H2/b4-3-,14-5+,21-18?;. The third-order valence-corrected chi connectivity index (χ3v) is 4.87. The molecule has 3 nitrogen and oxygen atoms in total. The van der Waals surface area contributed by atoms with Gasteiger partial charge in [-0.15, -0.1) is 13.2 Å². The number of thiophene rings is 1. The molecule has 0 radical (unpaired) electrons. The molecule has 1 amide bonds. The van der Waals surface area contributed by atoms with E-state index in [1.807, 2.05) is 67.1 Å². The summed E-state index contributed by atoms with van der Waals surface area (Å²) < 4.78 is 0. The summed E-state index contributed by atoms with van der Waals surface area (Å²) in [5.74, 6) is -0.0724. The second-order valence-corrected chi connectivity index (χ2v) is 6.67. The maximum atomic E-state index is 12.8. The zero-order valence-corrected chi connectivity index (χ0v) is 16.5. The number of nitrogens with zero attached hydrogens (tertiary/aromatic N) is 2. The predicted octanol–water partition coefficient (Wildman–Crippen LogP) is 6.13. The Labute approximate surface area is 163 Å². The Hall–Kier alpha value is -2.43. The number of anilines is 1. The van der Waals surface area contributed by atoms with Crippen LogP contribution in [0, 0.1) is 6.92 Å². The SMILES string of the molecule is C/C=C\C=C1/CN(c2ccsc2)C(=O)C1=Nc1ccc(Cl)c(C)c1.C=C. The van der Waals surface area contributed by atoms with E-state index in [2.05, 4.69) is 18.2 Å². The van der Waals surface area contributed by atoms with Crippen LogP contribution in [0.2, 0.25) is 5.02 Å². The van der Waals surface area contributed by atoms with Crippen LogP contribution in [0.3, 0.4) is 0 Å².